The molecule has 0 heterocycles. The molecule has 0 unspecified atom stereocenters. The third kappa shape index (κ3) is 4.87. The molecule has 0 aliphatic rings. The monoisotopic (exact) mass is 109 g/mol. The summed E-state index contributed by atoms with van der Waals surface area (Å²) < 4.78 is 0. The first kappa shape index (κ1) is 6.87. The minimum Gasteiger partial charge on any atom is -0.107 e. The van der Waals surface area contributed by atoms with Crippen molar-refractivity contribution in [3.63, 3.8) is 0 Å². The Morgan fingerprint density at radius 2 is 2.50 bits per heavy atom. The van der Waals surface area contributed by atoms with E-state index in [0.717, 1.165) is 0 Å². The van der Waals surface area contributed by atoms with Crippen molar-refractivity contribution in [2.45, 2.75) is 13.3 Å². The summed E-state index contributed by atoms with van der Waals surface area (Å²) >= 11 is 0. The predicted octanol–water partition coefficient (Wildman–Crippen LogP) is 1.71. The number of rotatable bonds is 2. The molecule has 0 aliphatic carbocycles. The molecular formula is C5H7N3. The average Bonchev–Trinajstić information content (AvgIpc) is 1.81. The molecule has 0 aromatic heterocycles. The van der Waals surface area contributed by atoms with Crippen LogP contribution in [0.4, 0.5) is 0 Å². The van der Waals surface area contributed by atoms with Gasteiger partial charge in [0, 0.05) is 17.9 Å². The summed E-state index contributed by atoms with van der Waals surface area (Å²) in [6.07, 6.45) is 0.667. The molecule has 0 N–H and O–H groups in total. The van der Waals surface area contributed by atoms with Gasteiger partial charge in [-0.05, 0) is 12.5 Å². The van der Waals surface area contributed by atoms with Gasteiger partial charge in [0.1, 0.15) is 0 Å². The quantitative estimate of drug-likeness (QED) is 0.170. The SMILES string of the molecule is CC#CCCN=[N+]=[N-]. The summed E-state index contributed by atoms with van der Waals surface area (Å²) in [6, 6.07) is 0. The van der Waals surface area contributed by atoms with Gasteiger partial charge < -0.3 is 0 Å². The van der Waals surface area contributed by atoms with E-state index in [1.54, 1.807) is 6.92 Å². The first-order chi connectivity index (χ1) is 3.91. The van der Waals surface area contributed by atoms with Crippen molar-refractivity contribution < 1.29 is 0 Å². The number of hydrogen-bond donors (Lipinski definition) is 0. The lowest BCUT2D eigenvalue weighted by molar-refractivity contribution is 1.01. The van der Waals surface area contributed by atoms with Crippen LogP contribution in [0.5, 0.6) is 0 Å². The third-order valence-corrected chi connectivity index (χ3v) is 0.577. The molecule has 0 radical (unpaired) electrons. The zero-order valence-corrected chi connectivity index (χ0v) is 4.76. The van der Waals surface area contributed by atoms with Gasteiger partial charge in [0.15, 0.2) is 0 Å². The standard InChI is InChI=1S/C5H7N3/c1-2-3-4-5-7-8-6/h4-5H2,1H3. The van der Waals surface area contributed by atoms with Gasteiger partial charge in [-0.25, -0.2) is 0 Å². The molecule has 0 aromatic rings. The number of azide groups is 1. The highest BCUT2D eigenvalue weighted by Gasteiger charge is 1.70. The maximum Gasteiger partial charge on any atom is 0.0367 e. The second-order valence-corrected chi connectivity index (χ2v) is 1.13. The highest BCUT2D eigenvalue weighted by Crippen LogP contribution is 1.76. The molecule has 0 spiro atoms. The fraction of sp³-hybridized carbons (Fsp3) is 0.600. The van der Waals surface area contributed by atoms with Crippen LogP contribution in [0.15, 0.2) is 5.11 Å². The van der Waals surface area contributed by atoms with E-state index in [-0.39, 0.29) is 0 Å². The van der Waals surface area contributed by atoms with Gasteiger partial charge in [0.05, 0.1) is 0 Å². The first-order valence-electron chi connectivity index (χ1n) is 2.32. The van der Waals surface area contributed by atoms with Crippen molar-refractivity contribution in [1.29, 1.82) is 0 Å². The molecule has 0 aromatic carbocycles. The summed E-state index contributed by atoms with van der Waals surface area (Å²) in [6.45, 7) is 2.24. The van der Waals surface area contributed by atoms with Crippen LogP contribution < -0.4 is 0 Å². The first-order valence-corrected chi connectivity index (χ1v) is 2.32. The summed E-state index contributed by atoms with van der Waals surface area (Å²) in [5.74, 6) is 5.46. The molecule has 0 saturated heterocycles. The Balaban J connectivity index is 3.14. The molecular weight excluding hydrogens is 102 g/mol. The van der Waals surface area contributed by atoms with Gasteiger partial charge in [0.2, 0.25) is 0 Å². The molecule has 3 nitrogen and oxygen atoms in total. The van der Waals surface area contributed by atoms with Crippen LogP contribution in [0.3, 0.4) is 0 Å². The second kappa shape index (κ2) is 5.87. The van der Waals surface area contributed by atoms with Crippen LogP contribution in [0.2, 0.25) is 0 Å². The Hall–Kier alpha value is -1.13. The molecule has 0 rings (SSSR count). The zero-order valence-electron chi connectivity index (χ0n) is 4.76. The van der Waals surface area contributed by atoms with Crippen LogP contribution >= 0.6 is 0 Å². The minimum absolute atomic E-state index is 0.483. The fourth-order valence-corrected chi connectivity index (χ4v) is 0.276. The van der Waals surface area contributed by atoms with E-state index < -0.39 is 0 Å². The second-order valence-electron chi connectivity index (χ2n) is 1.13. The molecule has 42 valence electrons. The predicted molar refractivity (Wildman–Crippen MR) is 32.1 cm³/mol. The van der Waals surface area contributed by atoms with Crippen LogP contribution in [0.25, 0.3) is 10.4 Å². The summed E-state index contributed by atoms with van der Waals surface area (Å²) in [4.78, 5) is 2.56. The fourth-order valence-electron chi connectivity index (χ4n) is 0.276. The van der Waals surface area contributed by atoms with E-state index in [0.29, 0.717) is 13.0 Å². The smallest absolute Gasteiger partial charge is 0.0367 e. The Bertz CT molecular complexity index is 145. The topological polar surface area (TPSA) is 48.8 Å². The van der Waals surface area contributed by atoms with Gasteiger partial charge in [-0.3, -0.25) is 0 Å². The van der Waals surface area contributed by atoms with Gasteiger partial charge in [-0.2, -0.15) is 0 Å². The molecule has 3 heteroatoms. The molecule has 0 aliphatic heterocycles. The van der Waals surface area contributed by atoms with Gasteiger partial charge >= 0.3 is 0 Å². The Kier molecular flexibility index (Phi) is 5.04. The molecule has 0 saturated carbocycles. The maximum atomic E-state index is 7.78. The van der Waals surface area contributed by atoms with E-state index in [1.165, 1.54) is 0 Å². The Morgan fingerprint density at radius 1 is 1.75 bits per heavy atom. The lowest BCUT2D eigenvalue weighted by Crippen LogP contribution is -1.70. The number of hydrogen-bond acceptors (Lipinski definition) is 1. The van der Waals surface area contributed by atoms with Crippen LogP contribution in [0.1, 0.15) is 13.3 Å². The van der Waals surface area contributed by atoms with E-state index in [1.807, 2.05) is 0 Å². The van der Waals surface area contributed by atoms with Crippen molar-refractivity contribution in [1.82, 2.24) is 0 Å². The highest BCUT2D eigenvalue weighted by molar-refractivity contribution is 4.95. The minimum atomic E-state index is 0.483. The van der Waals surface area contributed by atoms with Crippen molar-refractivity contribution in [2.24, 2.45) is 5.11 Å². The lowest BCUT2D eigenvalue weighted by atomic mass is 10.4. The summed E-state index contributed by atoms with van der Waals surface area (Å²) in [5, 5.41) is 3.29. The van der Waals surface area contributed by atoms with E-state index >= 15 is 0 Å². The number of nitrogens with zero attached hydrogens (tertiary/aromatic N) is 3. The van der Waals surface area contributed by atoms with Gasteiger partial charge in [0.25, 0.3) is 0 Å². The van der Waals surface area contributed by atoms with Crippen LogP contribution in [-0.2, 0) is 0 Å². The van der Waals surface area contributed by atoms with Crippen molar-refractivity contribution >= 4 is 0 Å². The molecule has 0 bridgehead atoms. The normalized spacial score (nSPS) is 6.12. The van der Waals surface area contributed by atoms with Crippen LogP contribution in [-0.4, -0.2) is 6.54 Å². The Labute approximate surface area is 48.3 Å². The van der Waals surface area contributed by atoms with E-state index in [2.05, 4.69) is 21.9 Å². The highest BCUT2D eigenvalue weighted by atomic mass is 15.1. The maximum absolute atomic E-state index is 7.78. The zero-order chi connectivity index (χ0) is 6.24. The van der Waals surface area contributed by atoms with Crippen molar-refractivity contribution in [3.8, 4) is 11.8 Å². The van der Waals surface area contributed by atoms with Gasteiger partial charge in [-0.1, -0.05) is 5.11 Å². The largest absolute Gasteiger partial charge is 0.107 e. The average molecular weight is 109 g/mol. The third-order valence-electron chi connectivity index (χ3n) is 0.577. The van der Waals surface area contributed by atoms with Gasteiger partial charge in [-0.15, -0.1) is 11.8 Å². The molecule has 0 fully saturated rings. The Morgan fingerprint density at radius 3 is 3.00 bits per heavy atom. The molecule has 0 amide bonds. The van der Waals surface area contributed by atoms with Crippen molar-refractivity contribution in [3.05, 3.63) is 10.4 Å². The van der Waals surface area contributed by atoms with E-state index in [4.69, 9.17) is 5.53 Å². The lowest BCUT2D eigenvalue weighted by Gasteiger charge is -1.74. The van der Waals surface area contributed by atoms with E-state index in [9.17, 15) is 0 Å². The summed E-state index contributed by atoms with van der Waals surface area (Å²) in [5.41, 5.74) is 7.78. The molecule has 8 heavy (non-hydrogen) atoms. The van der Waals surface area contributed by atoms with Crippen molar-refractivity contribution in [2.75, 3.05) is 6.54 Å². The summed E-state index contributed by atoms with van der Waals surface area (Å²) in [7, 11) is 0. The van der Waals surface area contributed by atoms with Crippen LogP contribution in [0, 0.1) is 11.8 Å². The molecule has 0 atom stereocenters.